The summed E-state index contributed by atoms with van der Waals surface area (Å²) in [7, 11) is 0. The summed E-state index contributed by atoms with van der Waals surface area (Å²) in [6, 6.07) is 16.6. The van der Waals surface area contributed by atoms with E-state index in [-0.39, 0.29) is 24.8 Å². The van der Waals surface area contributed by atoms with Gasteiger partial charge in [-0.1, -0.05) is 0 Å². The first kappa shape index (κ1) is 13.1. The van der Waals surface area contributed by atoms with E-state index in [1.54, 1.807) is 0 Å². The van der Waals surface area contributed by atoms with Crippen molar-refractivity contribution < 1.29 is 25.9 Å². The number of hydrogen-bond donors (Lipinski definition) is 0. The summed E-state index contributed by atoms with van der Waals surface area (Å²) >= 11 is 0.0278. The number of pyridine rings is 1. The molecule has 1 aliphatic rings. The summed E-state index contributed by atoms with van der Waals surface area (Å²) in [4.78, 5) is 4.40. The molecule has 2 nitrogen and oxygen atoms in total. The van der Waals surface area contributed by atoms with Crippen LogP contribution in [0.1, 0.15) is 24.1 Å². The number of alkyl halides is 2. The van der Waals surface area contributed by atoms with Gasteiger partial charge in [-0.15, -0.1) is 0 Å². The van der Waals surface area contributed by atoms with Crippen molar-refractivity contribution in [2.75, 3.05) is 0 Å². The molecular formula is C16H17INO-. The topological polar surface area (TPSA) is 22.1 Å². The van der Waals surface area contributed by atoms with Crippen LogP contribution in [0.2, 0.25) is 0 Å². The van der Waals surface area contributed by atoms with Gasteiger partial charge in [-0.25, -0.2) is 0 Å². The Kier molecular flexibility index (Phi) is 4.13. The number of rotatable bonds is 6. The molecule has 0 aliphatic heterocycles. The van der Waals surface area contributed by atoms with Crippen molar-refractivity contribution in [3.8, 4) is 0 Å². The Balaban J connectivity index is 1.50. The van der Waals surface area contributed by atoms with Crippen LogP contribution in [0, 0.1) is 0 Å². The maximum atomic E-state index is 6.17. The first-order chi connectivity index (χ1) is 9.36. The van der Waals surface area contributed by atoms with Crippen molar-refractivity contribution in [3.63, 3.8) is 0 Å². The summed E-state index contributed by atoms with van der Waals surface area (Å²) in [6.45, 7) is 0.753. The molecular weight excluding hydrogens is 349 g/mol. The molecule has 1 aromatic heterocycles. The van der Waals surface area contributed by atoms with Crippen LogP contribution in [0.25, 0.3) is 0 Å². The van der Waals surface area contributed by atoms with Crippen molar-refractivity contribution in [1.29, 1.82) is 0 Å². The van der Waals surface area contributed by atoms with Gasteiger partial charge in [0.05, 0.1) is 0 Å². The van der Waals surface area contributed by atoms with E-state index in [1.807, 2.05) is 18.3 Å². The molecule has 0 bridgehead atoms. The fourth-order valence-electron chi connectivity index (χ4n) is 1.87. The Hall–Kier alpha value is -0.940. The van der Waals surface area contributed by atoms with Crippen LogP contribution in [0.4, 0.5) is 0 Å². The van der Waals surface area contributed by atoms with Crippen LogP contribution < -0.4 is 21.2 Å². The van der Waals surface area contributed by atoms with Crippen LogP contribution in [-0.2, 0) is 15.8 Å². The van der Waals surface area contributed by atoms with Gasteiger partial charge in [0, 0.05) is 0 Å². The number of ether oxygens (including phenoxy) is 1. The molecule has 0 saturated heterocycles. The van der Waals surface area contributed by atoms with Crippen molar-refractivity contribution in [3.05, 3.63) is 66.0 Å². The van der Waals surface area contributed by atoms with Gasteiger partial charge < -0.3 is 0 Å². The van der Waals surface area contributed by atoms with E-state index >= 15 is 0 Å². The molecule has 1 aliphatic carbocycles. The summed E-state index contributed by atoms with van der Waals surface area (Å²) in [5.41, 5.74) is 2.49. The SMILES string of the molecule is c1ccc(COC2([I-]Cc3ccccn3)CC2)cc1. The van der Waals surface area contributed by atoms with E-state index in [4.69, 9.17) is 4.74 Å². The van der Waals surface area contributed by atoms with Crippen molar-refractivity contribution in [2.45, 2.75) is 27.5 Å². The molecule has 0 N–H and O–H groups in total. The molecule has 19 heavy (non-hydrogen) atoms. The van der Waals surface area contributed by atoms with Crippen molar-refractivity contribution >= 4 is 0 Å². The Morgan fingerprint density at radius 3 is 2.53 bits per heavy atom. The number of aromatic nitrogens is 1. The fourth-order valence-corrected chi connectivity index (χ4v) is 4.81. The van der Waals surface area contributed by atoms with E-state index in [0.29, 0.717) is 0 Å². The van der Waals surface area contributed by atoms with Crippen molar-refractivity contribution in [1.82, 2.24) is 4.98 Å². The van der Waals surface area contributed by atoms with E-state index in [0.717, 1.165) is 11.0 Å². The van der Waals surface area contributed by atoms with Gasteiger partial charge in [0.2, 0.25) is 0 Å². The molecule has 0 unspecified atom stereocenters. The van der Waals surface area contributed by atoms with Gasteiger partial charge >= 0.3 is 124 Å². The molecule has 100 valence electrons. The molecule has 1 aromatic carbocycles. The first-order valence-corrected chi connectivity index (χ1v) is 9.15. The zero-order chi connectivity index (χ0) is 13.0. The van der Waals surface area contributed by atoms with Crippen LogP contribution in [0.3, 0.4) is 0 Å². The minimum atomic E-state index is 0.0278. The molecule has 1 fully saturated rings. The Morgan fingerprint density at radius 2 is 1.84 bits per heavy atom. The third kappa shape index (κ3) is 3.76. The molecule has 1 saturated carbocycles. The zero-order valence-electron chi connectivity index (χ0n) is 10.8. The number of halogens is 1. The summed E-state index contributed by atoms with van der Waals surface area (Å²) in [5.74, 6) is 0. The molecule has 0 amide bonds. The van der Waals surface area contributed by atoms with E-state index in [9.17, 15) is 0 Å². The molecule has 2 aromatic rings. The maximum absolute atomic E-state index is 6.17. The molecule has 3 heteroatoms. The summed E-state index contributed by atoms with van der Waals surface area (Å²) in [6.07, 6.45) is 4.35. The molecule has 3 rings (SSSR count). The standard InChI is InChI=1S/C16H17INO/c1-2-6-14(7-3-1)13-19-16(9-10-16)17-12-15-8-4-5-11-18-15/h1-8,11H,9-10,12-13H2/q-1. The fraction of sp³-hybridized carbons (Fsp3) is 0.312. The second kappa shape index (κ2) is 6.01. The van der Waals surface area contributed by atoms with Crippen LogP contribution in [0.15, 0.2) is 54.7 Å². The average Bonchev–Trinajstić information content (AvgIpc) is 3.26. The van der Waals surface area contributed by atoms with Crippen LogP contribution in [-0.4, -0.2) is 8.59 Å². The average molecular weight is 366 g/mol. The second-order valence-corrected chi connectivity index (χ2v) is 8.24. The van der Waals surface area contributed by atoms with Gasteiger partial charge in [0.15, 0.2) is 0 Å². The quantitative estimate of drug-likeness (QED) is 0.545. The van der Waals surface area contributed by atoms with Crippen molar-refractivity contribution in [2.24, 2.45) is 0 Å². The van der Waals surface area contributed by atoms with Gasteiger partial charge in [-0.2, -0.15) is 0 Å². The number of nitrogens with zero attached hydrogens (tertiary/aromatic N) is 1. The van der Waals surface area contributed by atoms with E-state index in [2.05, 4.69) is 41.4 Å². The number of hydrogen-bond acceptors (Lipinski definition) is 2. The second-order valence-electron chi connectivity index (χ2n) is 4.75. The predicted molar refractivity (Wildman–Crippen MR) is 71.1 cm³/mol. The van der Waals surface area contributed by atoms with Crippen LogP contribution >= 0.6 is 0 Å². The van der Waals surface area contributed by atoms with E-state index in [1.165, 1.54) is 24.1 Å². The number of benzene rings is 1. The Morgan fingerprint density at radius 1 is 1.05 bits per heavy atom. The monoisotopic (exact) mass is 366 g/mol. The zero-order valence-corrected chi connectivity index (χ0v) is 12.9. The Labute approximate surface area is 124 Å². The third-order valence-electron chi connectivity index (χ3n) is 3.16. The van der Waals surface area contributed by atoms with Gasteiger partial charge in [0.1, 0.15) is 0 Å². The normalized spacial score (nSPS) is 16.4. The van der Waals surface area contributed by atoms with Gasteiger partial charge in [0.25, 0.3) is 0 Å². The van der Waals surface area contributed by atoms with Gasteiger partial charge in [-0.3, -0.25) is 0 Å². The third-order valence-corrected chi connectivity index (χ3v) is 7.10. The van der Waals surface area contributed by atoms with Gasteiger partial charge in [-0.05, 0) is 0 Å². The summed E-state index contributed by atoms with van der Waals surface area (Å²) < 4.78 is 7.52. The Bertz CT molecular complexity index is 465. The molecule has 0 spiro atoms. The predicted octanol–water partition coefficient (Wildman–Crippen LogP) is 0.378. The molecule has 1 heterocycles. The first-order valence-electron chi connectivity index (χ1n) is 6.54. The summed E-state index contributed by atoms with van der Waals surface area (Å²) in [5, 5.41) is 0. The molecule has 0 atom stereocenters. The minimum absolute atomic E-state index is 0.0278. The van der Waals surface area contributed by atoms with Crippen LogP contribution in [0.5, 0.6) is 0 Å². The molecule has 0 radical (unpaired) electrons. The van der Waals surface area contributed by atoms with E-state index < -0.39 is 0 Å².